The number of amides is 1. The van der Waals surface area contributed by atoms with Crippen LogP contribution >= 0.6 is 0 Å². The Labute approximate surface area is 106 Å². The molecule has 1 amide bonds. The second-order valence-electron chi connectivity index (χ2n) is 4.25. The van der Waals surface area contributed by atoms with Crippen molar-refractivity contribution in [1.29, 1.82) is 0 Å². The first-order valence-electron chi connectivity index (χ1n) is 6.05. The number of carbonyl (C=O) groups excluding carboxylic acids is 1. The lowest BCUT2D eigenvalue weighted by molar-refractivity contribution is -0.115. The Morgan fingerprint density at radius 1 is 1.44 bits per heavy atom. The molecular formula is C13H18N4O. The van der Waals surface area contributed by atoms with E-state index in [0.29, 0.717) is 6.54 Å². The summed E-state index contributed by atoms with van der Waals surface area (Å²) in [4.78, 5) is 16.0. The first kappa shape index (κ1) is 12.6. The number of hydrogen-bond donors (Lipinski definition) is 2. The lowest BCUT2D eigenvalue weighted by atomic mass is 10.2. The molecule has 1 aromatic heterocycles. The van der Waals surface area contributed by atoms with Crippen molar-refractivity contribution < 1.29 is 4.79 Å². The van der Waals surface area contributed by atoms with E-state index in [-0.39, 0.29) is 5.91 Å². The molecule has 0 aliphatic heterocycles. The van der Waals surface area contributed by atoms with Gasteiger partial charge in [-0.05, 0) is 31.7 Å². The fourth-order valence-electron chi connectivity index (χ4n) is 1.84. The van der Waals surface area contributed by atoms with Gasteiger partial charge in [0.05, 0.1) is 17.6 Å². The molecule has 0 saturated heterocycles. The highest BCUT2D eigenvalue weighted by Crippen LogP contribution is 2.19. The molecule has 0 atom stereocenters. The smallest absolute Gasteiger partial charge is 0.238 e. The largest absolute Gasteiger partial charge is 0.331 e. The zero-order chi connectivity index (χ0) is 13.1. The summed E-state index contributed by atoms with van der Waals surface area (Å²) in [6, 6.07) is 5.76. The number of nitrogens with one attached hydrogen (secondary N) is 2. The van der Waals surface area contributed by atoms with E-state index in [2.05, 4.69) is 15.6 Å². The molecule has 96 valence electrons. The fraction of sp³-hybridized carbons (Fsp3) is 0.385. The molecule has 2 N–H and O–H groups in total. The molecule has 2 aromatic rings. The fourth-order valence-corrected chi connectivity index (χ4v) is 1.84. The van der Waals surface area contributed by atoms with Gasteiger partial charge in [0.15, 0.2) is 0 Å². The summed E-state index contributed by atoms with van der Waals surface area (Å²) in [5.41, 5.74) is 2.75. The predicted molar refractivity (Wildman–Crippen MR) is 72.6 cm³/mol. The normalized spacial score (nSPS) is 10.8. The van der Waals surface area contributed by atoms with Crippen LogP contribution in [0.25, 0.3) is 11.0 Å². The first-order valence-corrected chi connectivity index (χ1v) is 6.05. The number of benzene rings is 1. The number of rotatable bonds is 4. The molecule has 1 aromatic carbocycles. The highest BCUT2D eigenvalue weighted by Gasteiger charge is 2.06. The molecule has 0 saturated carbocycles. The monoisotopic (exact) mass is 246 g/mol. The zero-order valence-corrected chi connectivity index (χ0v) is 10.9. The van der Waals surface area contributed by atoms with Gasteiger partial charge in [-0.25, -0.2) is 4.98 Å². The van der Waals surface area contributed by atoms with E-state index in [0.717, 1.165) is 29.1 Å². The molecular weight excluding hydrogens is 228 g/mol. The minimum Gasteiger partial charge on any atom is -0.331 e. The average Bonchev–Trinajstić information content (AvgIpc) is 2.62. The third-order valence-electron chi connectivity index (χ3n) is 2.92. The van der Waals surface area contributed by atoms with E-state index in [1.807, 2.05) is 43.7 Å². The Morgan fingerprint density at radius 3 is 2.94 bits per heavy atom. The molecule has 0 fully saturated rings. The van der Waals surface area contributed by atoms with Gasteiger partial charge >= 0.3 is 0 Å². The van der Waals surface area contributed by atoms with Gasteiger partial charge in [0, 0.05) is 12.7 Å². The third-order valence-corrected chi connectivity index (χ3v) is 2.92. The van der Waals surface area contributed by atoms with Crippen LogP contribution in [0.1, 0.15) is 12.7 Å². The third kappa shape index (κ3) is 2.51. The number of carbonyl (C=O) groups is 1. The zero-order valence-electron chi connectivity index (χ0n) is 10.9. The van der Waals surface area contributed by atoms with Gasteiger partial charge in [0.1, 0.15) is 5.82 Å². The van der Waals surface area contributed by atoms with Crippen molar-refractivity contribution in [2.75, 3.05) is 18.4 Å². The number of fused-ring (bicyclic) bond motifs is 1. The summed E-state index contributed by atoms with van der Waals surface area (Å²) >= 11 is 0. The summed E-state index contributed by atoms with van der Waals surface area (Å²) in [5.74, 6) is 0.921. The van der Waals surface area contributed by atoms with E-state index in [1.54, 1.807) is 0 Å². The molecule has 0 aliphatic rings. The van der Waals surface area contributed by atoms with Gasteiger partial charge in [-0.1, -0.05) is 6.92 Å². The average molecular weight is 246 g/mol. The molecule has 0 radical (unpaired) electrons. The number of aromatic nitrogens is 2. The van der Waals surface area contributed by atoms with Crippen LogP contribution in [0.2, 0.25) is 0 Å². The molecule has 0 unspecified atom stereocenters. The van der Waals surface area contributed by atoms with Crippen LogP contribution < -0.4 is 10.6 Å². The Bertz CT molecular complexity index is 574. The maximum absolute atomic E-state index is 11.6. The van der Waals surface area contributed by atoms with E-state index in [9.17, 15) is 4.79 Å². The number of nitrogens with zero attached hydrogens (tertiary/aromatic N) is 2. The molecule has 5 nitrogen and oxygen atoms in total. The quantitative estimate of drug-likeness (QED) is 0.858. The van der Waals surface area contributed by atoms with E-state index in [1.165, 1.54) is 0 Å². The molecule has 0 aliphatic carbocycles. The molecule has 2 rings (SSSR count). The van der Waals surface area contributed by atoms with Crippen molar-refractivity contribution in [3.63, 3.8) is 0 Å². The summed E-state index contributed by atoms with van der Waals surface area (Å²) < 4.78 is 2.03. The molecule has 1 heterocycles. The standard InChI is InChI=1S/C13H18N4O/c1-4-14-8-13(18)16-10-5-6-12-11(7-10)15-9(2)17(12)3/h5-7,14H,4,8H2,1-3H3,(H,16,18). The van der Waals surface area contributed by atoms with Gasteiger partial charge in [0.2, 0.25) is 5.91 Å². The summed E-state index contributed by atoms with van der Waals surface area (Å²) in [6.45, 7) is 5.04. The van der Waals surface area contributed by atoms with Crippen molar-refractivity contribution in [3.05, 3.63) is 24.0 Å². The predicted octanol–water partition coefficient (Wildman–Crippen LogP) is 1.43. The summed E-state index contributed by atoms with van der Waals surface area (Å²) in [7, 11) is 1.98. The van der Waals surface area contributed by atoms with Crippen LogP contribution in [0, 0.1) is 6.92 Å². The van der Waals surface area contributed by atoms with Gasteiger partial charge < -0.3 is 15.2 Å². The van der Waals surface area contributed by atoms with Crippen LogP contribution in [-0.4, -0.2) is 28.5 Å². The number of imidazole rings is 1. The molecule has 0 bridgehead atoms. The van der Waals surface area contributed by atoms with Crippen LogP contribution in [0.5, 0.6) is 0 Å². The number of aryl methyl sites for hydroxylation is 2. The van der Waals surface area contributed by atoms with Crippen LogP contribution in [0.15, 0.2) is 18.2 Å². The van der Waals surface area contributed by atoms with Crippen molar-refractivity contribution in [2.45, 2.75) is 13.8 Å². The number of likely N-dealkylation sites (N-methyl/N-ethyl adjacent to an activating group) is 1. The van der Waals surface area contributed by atoms with Crippen LogP contribution in [0.3, 0.4) is 0 Å². The lowest BCUT2D eigenvalue weighted by Crippen LogP contribution is -2.27. The maximum atomic E-state index is 11.6. The van der Waals surface area contributed by atoms with E-state index >= 15 is 0 Å². The lowest BCUT2D eigenvalue weighted by Gasteiger charge is -2.05. The molecule has 0 spiro atoms. The second kappa shape index (κ2) is 5.18. The SMILES string of the molecule is CCNCC(=O)Nc1ccc2c(c1)nc(C)n2C. The van der Waals surface area contributed by atoms with Crippen molar-refractivity contribution in [1.82, 2.24) is 14.9 Å². The Kier molecular flexibility index (Phi) is 3.62. The Hall–Kier alpha value is -1.88. The Morgan fingerprint density at radius 2 is 2.22 bits per heavy atom. The molecule has 5 heteroatoms. The number of anilines is 1. The topological polar surface area (TPSA) is 59.0 Å². The molecule has 18 heavy (non-hydrogen) atoms. The van der Waals surface area contributed by atoms with Crippen LogP contribution in [-0.2, 0) is 11.8 Å². The van der Waals surface area contributed by atoms with Gasteiger partial charge in [-0.15, -0.1) is 0 Å². The highest BCUT2D eigenvalue weighted by atomic mass is 16.1. The van der Waals surface area contributed by atoms with E-state index in [4.69, 9.17) is 0 Å². The van der Waals surface area contributed by atoms with Crippen molar-refractivity contribution in [3.8, 4) is 0 Å². The number of hydrogen-bond acceptors (Lipinski definition) is 3. The van der Waals surface area contributed by atoms with Gasteiger partial charge in [-0.3, -0.25) is 4.79 Å². The van der Waals surface area contributed by atoms with E-state index < -0.39 is 0 Å². The van der Waals surface area contributed by atoms with Crippen molar-refractivity contribution in [2.24, 2.45) is 7.05 Å². The summed E-state index contributed by atoms with van der Waals surface area (Å²) in [5, 5.41) is 5.83. The first-order chi connectivity index (χ1) is 8.61. The maximum Gasteiger partial charge on any atom is 0.238 e. The van der Waals surface area contributed by atoms with Crippen LogP contribution in [0.4, 0.5) is 5.69 Å². The minimum absolute atomic E-state index is 0.0381. The van der Waals surface area contributed by atoms with Gasteiger partial charge in [-0.2, -0.15) is 0 Å². The minimum atomic E-state index is -0.0381. The highest BCUT2D eigenvalue weighted by molar-refractivity contribution is 5.94. The summed E-state index contributed by atoms with van der Waals surface area (Å²) in [6.07, 6.45) is 0. The van der Waals surface area contributed by atoms with Gasteiger partial charge in [0.25, 0.3) is 0 Å². The van der Waals surface area contributed by atoms with Crippen molar-refractivity contribution >= 4 is 22.6 Å². The second-order valence-corrected chi connectivity index (χ2v) is 4.25. The Balaban J connectivity index is 2.17.